The highest BCUT2D eigenvalue weighted by Crippen LogP contribution is 2.31. The van der Waals surface area contributed by atoms with Crippen molar-refractivity contribution in [1.29, 1.82) is 5.26 Å². The second-order valence-electron chi connectivity index (χ2n) is 6.21. The van der Waals surface area contributed by atoms with E-state index < -0.39 is 5.54 Å². The highest BCUT2D eigenvalue weighted by atomic mass is 16.2. The molecule has 4 nitrogen and oxygen atoms in total. The Morgan fingerprint density at radius 1 is 1.35 bits per heavy atom. The quantitative estimate of drug-likeness (QED) is 0.736. The number of urea groups is 1. The number of carbonyl (C=O) groups is 1. The van der Waals surface area contributed by atoms with Gasteiger partial charge in [-0.05, 0) is 52.4 Å². The van der Waals surface area contributed by atoms with Gasteiger partial charge in [-0.25, -0.2) is 4.79 Å². The van der Waals surface area contributed by atoms with Gasteiger partial charge >= 0.3 is 6.03 Å². The van der Waals surface area contributed by atoms with Crippen LogP contribution in [0.2, 0.25) is 0 Å². The first-order valence-electron chi connectivity index (χ1n) is 6.28. The molecule has 1 rings (SSSR count). The maximum atomic E-state index is 11.8. The number of amides is 2. The standard InChI is InChI=1S/C13H23N3O/c1-10-5-7-13(9-14,8-6-10)16-11(17)15-12(2,3)4/h10H,5-8H2,1-4H3,(H2,15,16,17). The van der Waals surface area contributed by atoms with Crippen LogP contribution in [-0.2, 0) is 0 Å². The number of hydrogen-bond donors (Lipinski definition) is 2. The predicted molar refractivity (Wildman–Crippen MR) is 67.4 cm³/mol. The molecule has 2 N–H and O–H groups in total. The van der Waals surface area contributed by atoms with Gasteiger partial charge < -0.3 is 10.6 Å². The van der Waals surface area contributed by atoms with E-state index in [0.29, 0.717) is 5.92 Å². The molecule has 96 valence electrons. The van der Waals surface area contributed by atoms with Gasteiger partial charge in [0.1, 0.15) is 5.54 Å². The van der Waals surface area contributed by atoms with E-state index in [1.807, 2.05) is 20.8 Å². The van der Waals surface area contributed by atoms with Crippen molar-refractivity contribution in [1.82, 2.24) is 10.6 Å². The molecule has 0 bridgehead atoms. The third-order valence-corrected chi connectivity index (χ3v) is 3.18. The molecule has 0 aromatic heterocycles. The lowest BCUT2D eigenvalue weighted by molar-refractivity contribution is 0.205. The van der Waals surface area contributed by atoms with Gasteiger partial charge in [-0.1, -0.05) is 6.92 Å². The molecule has 0 unspecified atom stereocenters. The van der Waals surface area contributed by atoms with Crippen LogP contribution in [0.5, 0.6) is 0 Å². The van der Waals surface area contributed by atoms with Gasteiger partial charge in [0.05, 0.1) is 6.07 Å². The van der Waals surface area contributed by atoms with Gasteiger partial charge in [0.2, 0.25) is 0 Å². The zero-order valence-electron chi connectivity index (χ0n) is 11.3. The van der Waals surface area contributed by atoms with Gasteiger partial charge in [0, 0.05) is 5.54 Å². The summed E-state index contributed by atoms with van der Waals surface area (Å²) in [5.41, 5.74) is -0.940. The normalized spacial score (nSPS) is 29.2. The highest BCUT2D eigenvalue weighted by Gasteiger charge is 2.36. The molecule has 1 aliphatic rings. The minimum atomic E-state index is -0.665. The van der Waals surface area contributed by atoms with Crippen molar-refractivity contribution in [2.75, 3.05) is 0 Å². The Morgan fingerprint density at radius 3 is 2.29 bits per heavy atom. The smallest absolute Gasteiger partial charge is 0.316 e. The first-order chi connectivity index (χ1) is 7.76. The first-order valence-corrected chi connectivity index (χ1v) is 6.28. The Balaban J connectivity index is 2.59. The van der Waals surface area contributed by atoms with Crippen molar-refractivity contribution in [2.45, 2.75) is 64.5 Å². The average molecular weight is 237 g/mol. The first kappa shape index (κ1) is 13.8. The topological polar surface area (TPSA) is 64.9 Å². The molecule has 0 aromatic carbocycles. The molecule has 0 radical (unpaired) electrons. The van der Waals surface area contributed by atoms with E-state index in [-0.39, 0.29) is 11.6 Å². The van der Waals surface area contributed by atoms with Crippen molar-refractivity contribution in [3.8, 4) is 6.07 Å². The Bertz CT molecular complexity index is 317. The van der Waals surface area contributed by atoms with Crippen LogP contribution in [0.4, 0.5) is 4.79 Å². The predicted octanol–water partition coefficient (Wildman–Crippen LogP) is 2.56. The molecule has 0 spiro atoms. The van der Waals surface area contributed by atoms with Gasteiger partial charge in [-0.2, -0.15) is 5.26 Å². The fourth-order valence-corrected chi connectivity index (χ4v) is 2.11. The summed E-state index contributed by atoms with van der Waals surface area (Å²) < 4.78 is 0. The zero-order valence-corrected chi connectivity index (χ0v) is 11.3. The summed E-state index contributed by atoms with van der Waals surface area (Å²) >= 11 is 0. The fourth-order valence-electron chi connectivity index (χ4n) is 2.11. The SMILES string of the molecule is CC1CCC(C#N)(NC(=O)NC(C)(C)C)CC1. The molecule has 0 saturated heterocycles. The molecule has 1 fully saturated rings. The van der Waals surface area contributed by atoms with Gasteiger partial charge in [0.25, 0.3) is 0 Å². The summed E-state index contributed by atoms with van der Waals surface area (Å²) in [6.45, 7) is 7.97. The lowest BCUT2D eigenvalue weighted by Gasteiger charge is -2.35. The van der Waals surface area contributed by atoms with Crippen LogP contribution < -0.4 is 10.6 Å². The molecule has 0 aromatic rings. The third kappa shape index (κ3) is 4.26. The molecule has 0 aliphatic heterocycles. The number of nitrogens with one attached hydrogen (secondary N) is 2. The summed E-state index contributed by atoms with van der Waals surface area (Å²) in [7, 11) is 0. The minimum absolute atomic E-state index is 0.242. The van der Waals surface area contributed by atoms with E-state index >= 15 is 0 Å². The Hall–Kier alpha value is -1.24. The van der Waals surface area contributed by atoms with E-state index in [0.717, 1.165) is 25.7 Å². The molecule has 1 aliphatic carbocycles. The molecule has 1 saturated carbocycles. The van der Waals surface area contributed by atoms with Crippen molar-refractivity contribution in [3.05, 3.63) is 0 Å². The lowest BCUT2D eigenvalue weighted by atomic mass is 9.78. The maximum Gasteiger partial charge on any atom is 0.316 e. The summed E-state index contributed by atoms with van der Waals surface area (Å²) in [5.74, 6) is 0.656. The van der Waals surface area contributed by atoms with Crippen LogP contribution in [0.1, 0.15) is 53.4 Å². The summed E-state index contributed by atoms with van der Waals surface area (Å²) in [6.07, 6.45) is 3.51. The second-order valence-corrected chi connectivity index (χ2v) is 6.21. The van der Waals surface area contributed by atoms with Crippen molar-refractivity contribution < 1.29 is 4.79 Å². The number of hydrogen-bond acceptors (Lipinski definition) is 2. The second kappa shape index (κ2) is 4.95. The van der Waals surface area contributed by atoms with Crippen molar-refractivity contribution in [2.24, 2.45) is 5.92 Å². The van der Waals surface area contributed by atoms with Gasteiger partial charge in [0.15, 0.2) is 0 Å². The number of carbonyl (C=O) groups excluding carboxylic acids is 1. The third-order valence-electron chi connectivity index (χ3n) is 3.18. The zero-order chi connectivity index (χ0) is 13.1. The van der Waals surface area contributed by atoms with Gasteiger partial charge in [-0.15, -0.1) is 0 Å². The highest BCUT2D eigenvalue weighted by molar-refractivity contribution is 5.76. The molecule has 0 heterocycles. The van der Waals surface area contributed by atoms with Crippen LogP contribution in [0.3, 0.4) is 0 Å². The van der Waals surface area contributed by atoms with Crippen LogP contribution >= 0.6 is 0 Å². The molecule has 4 heteroatoms. The Kier molecular flexibility index (Phi) is 4.03. The van der Waals surface area contributed by atoms with E-state index in [1.165, 1.54) is 0 Å². The Morgan fingerprint density at radius 2 is 1.88 bits per heavy atom. The lowest BCUT2D eigenvalue weighted by Crippen LogP contribution is -2.56. The van der Waals surface area contributed by atoms with E-state index in [9.17, 15) is 10.1 Å². The summed E-state index contributed by atoms with van der Waals surface area (Å²) in [5, 5.41) is 15.0. The molecule has 2 amide bonds. The van der Waals surface area contributed by atoms with Crippen LogP contribution in [0, 0.1) is 17.2 Å². The van der Waals surface area contributed by atoms with Crippen LogP contribution in [-0.4, -0.2) is 17.1 Å². The number of nitrogens with zero attached hydrogens (tertiary/aromatic N) is 1. The van der Waals surface area contributed by atoms with Crippen LogP contribution in [0.15, 0.2) is 0 Å². The number of rotatable bonds is 1. The summed E-state index contributed by atoms with van der Waals surface area (Å²) in [6, 6.07) is 2.04. The molecule has 0 atom stereocenters. The Labute approximate surface area is 104 Å². The van der Waals surface area contributed by atoms with E-state index in [4.69, 9.17) is 0 Å². The minimum Gasteiger partial charge on any atom is -0.334 e. The van der Waals surface area contributed by atoms with Crippen molar-refractivity contribution in [3.63, 3.8) is 0 Å². The number of nitriles is 1. The fraction of sp³-hybridized carbons (Fsp3) is 0.846. The molecular weight excluding hydrogens is 214 g/mol. The van der Waals surface area contributed by atoms with Gasteiger partial charge in [-0.3, -0.25) is 0 Å². The summed E-state index contributed by atoms with van der Waals surface area (Å²) in [4.78, 5) is 11.8. The van der Waals surface area contributed by atoms with E-state index in [2.05, 4.69) is 23.6 Å². The maximum absolute atomic E-state index is 11.8. The van der Waals surface area contributed by atoms with E-state index in [1.54, 1.807) is 0 Å². The average Bonchev–Trinajstić information content (AvgIpc) is 2.19. The molecule has 17 heavy (non-hydrogen) atoms. The molecular formula is C13H23N3O. The van der Waals surface area contributed by atoms with Crippen molar-refractivity contribution >= 4 is 6.03 Å². The largest absolute Gasteiger partial charge is 0.334 e. The monoisotopic (exact) mass is 237 g/mol. The van der Waals surface area contributed by atoms with Crippen LogP contribution in [0.25, 0.3) is 0 Å².